The Balaban J connectivity index is 1.79. The summed E-state index contributed by atoms with van der Waals surface area (Å²) in [4.78, 5) is 14.4. The van der Waals surface area contributed by atoms with Gasteiger partial charge in [0.2, 0.25) is 0 Å². The van der Waals surface area contributed by atoms with Crippen LogP contribution in [0, 0.1) is 10.1 Å². The number of nitrogens with one attached hydrogen (secondary N) is 1. The number of nitro benzene ring substituents is 1. The summed E-state index contributed by atoms with van der Waals surface area (Å²) in [7, 11) is 0. The monoisotopic (exact) mass is 262 g/mol. The Hall–Kier alpha value is -2.15. The predicted octanol–water partition coefficient (Wildman–Crippen LogP) is 2.03. The molecule has 0 aliphatic heterocycles. The first kappa shape index (κ1) is 11.9. The number of fused-ring (bicyclic) bond motifs is 1. The van der Waals surface area contributed by atoms with Gasteiger partial charge in [0.25, 0.3) is 11.7 Å². The van der Waals surface area contributed by atoms with Gasteiger partial charge in [-0.3, -0.25) is 10.1 Å². The minimum atomic E-state index is -0.454. The summed E-state index contributed by atoms with van der Waals surface area (Å²) < 4.78 is 5.47. The van der Waals surface area contributed by atoms with Gasteiger partial charge in [0.1, 0.15) is 5.52 Å². The van der Waals surface area contributed by atoms with Crippen molar-refractivity contribution in [2.45, 2.75) is 24.8 Å². The van der Waals surface area contributed by atoms with Crippen LogP contribution in [0.4, 0.5) is 11.7 Å². The molecule has 7 heteroatoms. The standard InChI is InChI=1S/C12H14N4O3/c13-12(4-1-5-12)7-14-11-15-9-6-8(16(17)18)2-3-10(9)19-11/h2-3,6H,1,4-5,7,13H2,(H,14,15). The Morgan fingerprint density at radius 3 is 2.95 bits per heavy atom. The van der Waals surface area contributed by atoms with Crippen LogP contribution in [0.1, 0.15) is 19.3 Å². The molecule has 100 valence electrons. The van der Waals surface area contributed by atoms with E-state index in [0.717, 1.165) is 19.3 Å². The maximum Gasteiger partial charge on any atom is 0.295 e. The number of nitrogens with zero attached hydrogens (tertiary/aromatic N) is 2. The summed E-state index contributed by atoms with van der Waals surface area (Å²) in [6.07, 6.45) is 3.13. The second-order valence-corrected chi connectivity index (χ2v) is 5.00. The second kappa shape index (κ2) is 4.20. The lowest BCUT2D eigenvalue weighted by Crippen LogP contribution is -2.52. The van der Waals surface area contributed by atoms with E-state index >= 15 is 0 Å². The zero-order chi connectivity index (χ0) is 13.5. The van der Waals surface area contributed by atoms with Crippen molar-refractivity contribution < 1.29 is 9.34 Å². The first-order valence-electron chi connectivity index (χ1n) is 6.14. The molecule has 2 aromatic rings. The summed E-state index contributed by atoms with van der Waals surface area (Å²) in [5, 5.41) is 13.7. The third-order valence-corrected chi connectivity index (χ3v) is 3.52. The van der Waals surface area contributed by atoms with Crippen LogP contribution >= 0.6 is 0 Å². The van der Waals surface area contributed by atoms with Gasteiger partial charge in [-0.1, -0.05) is 0 Å². The molecule has 1 saturated carbocycles. The fraction of sp³-hybridized carbons (Fsp3) is 0.417. The van der Waals surface area contributed by atoms with Gasteiger partial charge < -0.3 is 15.5 Å². The third kappa shape index (κ3) is 2.24. The Labute approximate surface area is 108 Å². The zero-order valence-electron chi connectivity index (χ0n) is 10.3. The number of non-ortho nitro benzene ring substituents is 1. The number of hydrogen-bond donors (Lipinski definition) is 2. The molecule has 0 saturated heterocycles. The van der Waals surface area contributed by atoms with Gasteiger partial charge in [-0.25, -0.2) is 0 Å². The summed E-state index contributed by atoms with van der Waals surface area (Å²) in [5.74, 6) is 0. The van der Waals surface area contributed by atoms with Crippen molar-refractivity contribution in [3.8, 4) is 0 Å². The molecule has 1 aliphatic rings. The largest absolute Gasteiger partial charge is 0.424 e. The maximum atomic E-state index is 10.7. The normalized spacial score (nSPS) is 17.1. The van der Waals surface area contributed by atoms with Crippen LogP contribution in [0.15, 0.2) is 22.6 Å². The highest BCUT2D eigenvalue weighted by Gasteiger charge is 2.32. The molecule has 3 N–H and O–H groups in total. The number of nitro groups is 1. The molecule has 3 rings (SSSR count). The van der Waals surface area contributed by atoms with Crippen LogP contribution in [-0.4, -0.2) is 22.0 Å². The van der Waals surface area contributed by atoms with Crippen LogP contribution in [0.3, 0.4) is 0 Å². The number of aromatic nitrogens is 1. The first-order chi connectivity index (χ1) is 9.06. The fourth-order valence-corrected chi connectivity index (χ4v) is 2.16. The van der Waals surface area contributed by atoms with E-state index in [-0.39, 0.29) is 11.2 Å². The average molecular weight is 262 g/mol. The van der Waals surface area contributed by atoms with Crippen LogP contribution in [0.25, 0.3) is 11.1 Å². The number of anilines is 1. The van der Waals surface area contributed by atoms with E-state index in [4.69, 9.17) is 10.2 Å². The smallest absolute Gasteiger partial charge is 0.295 e. The van der Waals surface area contributed by atoms with E-state index in [0.29, 0.717) is 23.7 Å². The molecule has 0 radical (unpaired) electrons. The van der Waals surface area contributed by atoms with Gasteiger partial charge in [0.15, 0.2) is 5.58 Å². The van der Waals surface area contributed by atoms with Crippen molar-refractivity contribution in [3.63, 3.8) is 0 Å². The van der Waals surface area contributed by atoms with E-state index in [9.17, 15) is 10.1 Å². The molecule has 0 bridgehead atoms. The van der Waals surface area contributed by atoms with E-state index in [2.05, 4.69) is 10.3 Å². The van der Waals surface area contributed by atoms with Crippen LogP contribution in [-0.2, 0) is 0 Å². The minimum Gasteiger partial charge on any atom is -0.424 e. The van der Waals surface area contributed by atoms with Gasteiger partial charge in [-0.2, -0.15) is 4.98 Å². The van der Waals surface area contributed by atoms with Gasteiger partial charge >= 0.3 is 0 Å². The van der Waals surface area contributed by atoms with Crippen molar-refractivity contribution in [2.75, 3.05) is 11.9 Å². The molecule has 0 atom stereocenters. The van der Waals surface area contributed by atoms with Crippen LogP contribution in [0.5, 0.6) is 0 Å². The summed E-state index contributed by atoms with van der Waals surface area (Å²) >= 11 is 0. The molecule has 19 heavy (non-hydrogen) atoms. The van der Waals surface area contributed by atoms with Crippen molar-refractivity contribution in [2.24, 2.45) is 5.73 Å². The molecule has 1 fully saturated rings. The number of benzene rings is 1. The number of hydrogen-bond acceptors (Lipinski definition) is 6. The van der Waals surface area contributed by atoms with E-state index in [1.165, 1.54) is 12.1 Å². The van der Waals surface area contributed by atoms with Crippen LogP contribution < -0.4 is 11.1 Å². The minimum absolute atomic E-state index is 0.00152. The van der Waals surface area contributed by atoms with Crippen LogP contribution in [0.2, 0.25) is 0 Å². The molecule has 0 unspecified atom stereocenters. The Morgan fingerprint density at radius 2 is 2.32 bits per heavy atom. The number of rotatable bonds is 4. The molecule has 0 amide bonds. The Kier molecular flexibility index (Phi) is 2.63. The molecular formula is C12H14N4O3. The highest BCUT2D eigenvalue weighted by atomic mass is 16.6. The fourth-order valence-electron chi connectivity index (χ4n) is 2.16. The predicted molar refractivity (Wildman–Crippen MR) is 69.9 cm³/mol. The Bertz CT molecular complexity index is 633. The highest BCUT2D eigenvalue weighted by molar-refractivity contribution is 5.77. The van der Waals surface area contributed by atoms with E-state index in [1.54, 1.807) is 6.07 Å². The van der Waals surface area contributed by atoms with E-state index < -0.39 is 4.92 Å². The number of nitrogens with two attached hydrogens (primary N) is 1. The first-order valence-corrected chi connectivity index (χ1v) is 6.14. The van der Waals surface area contributed by atoms with Crippen molar-refractivity contribution in [1.82, 2.24) is 4.98 Å². The molecule has 1 heterocycles. The van der Waals surface area contributed by atoms with E-state index in [1.807, 2.05) is 0 Å². The van der Waals surface area contributed by atoms with Gasteiger partial charge in [-0.05, 0) is 25.3 Å². The average Bonchev–Trinajstić information content (AvgIpc) is 2.75. The molecule has 1 aromatic heterocycles. The zero-order valence-corrected chi connectivity index (χ0v) is 10.3. The van der Waals surface area contributed by atoms with Crippen molar-refractivity contribution in [1.29, 1.82) is 0 Å². The SMILES string of the molecule is NC1(CNc2nc3cc([N+](=O)[O-])ccc3o2)CCC1. The maximum absolute atomic E-state index is 10.7. The summed E-state index contributed by atoms with van der Waals surface area (Å²) in [5.41, 5.74) is 6.91. The summed E-state index contributed by atoms with van der Waals surface area (Å²) in [6, 6.07) is 4.69. The topological polar surface area (TPSA) is 107 Å². The summed E-state index contributed by atoms with van der Waals surface area (Å²) in [6.45, 7) is 0.599. The molecule has 7 nitrogen and oxygen atoms in total. The van der Waals surface area contributed by atoms with Gasteiger partial charge in [-0.15, -0.1) is 0 Å². The third-order valence-electron chi connectivity index (χ3n) is 3.52. The highest BCUT2D eigenvalue weighted by Crippen LogP contribution is 2.30. The lowest BCUT2D eigenvalue weighted by Gasteiger charge is -2.37. The molecule has 0 spiro atoms. The lowest BCUT2D eigenvalue weighted by atomic mass is 9.78. The van der Waals surface area contributed by atoms with Gasteiger partial charge in [0, 0.05) is 24.2 Å². The van der Waals surface area contributed by atoms with Crippen molar-refractivity contribution in [3.05, 3.63) is 28.3 Å². The molecule has 1 aromatic carbocycles. The lowest BCUT2D eigenvalue weighted by molar-refractivity contribution is -0.384. The molecule has 1 aliphatic carbocycles. The quantitative estimate of drug-likeness (QED) is 0.644. The van der Waals surface area contributed by atoms with Gasteiger partial charge in [0.05, 0.1) is 4.92 Å². The second-order valence-electron chi connectivity index (χ2n) is 5.00. The number of oxazole rings is 1. The van der Waals surface area contributed by atoms with Crippen molar-refractivity contribution >= 4 is 22.8 Å². The molecular weight excluding hydrogens is 248 g/mol. The Morgan fingerprint density at radius 1 is 1.53 bits per heavy atom.